The van der Waals surface area contributed by atoms with Crippen LogP contribution in [0, 0.1) is 11.8 Å². The van der Waals surface area contributed by atoms with Crippen LogP contribution in [-0.4, -0.2) is 95.3 Å². The highest BCUT2D eigenvalue weighted by Gasteiger charge is 2.45. The summed E-state index contributed by atoms with van der Waals surface area (Å²) >= 11 is 0. The van der Waals surface area contributed by atoms with E-state index in [0.29, 0.717) is 22.7 Å². The third kappa shape index (κ3) is 8.54. The first-order chi connectivity index (χ1) is 14.4. The van der Waals surface area contributed by atoms with Gasteiger partial charge in [-0.25, -0.2) is 0 Å². The molecule has 0 aliphatic carbocycles. The molecule has 0 amide bonds. The second-order valence-electron chi connectivity index (χ2n) is 14.6. The Morgan fingerprint density at radius 3 is 1.38 bits per heavy atom. The topological polar surface area (TPSA) is 33.8 Å². The molecule has 0 aromatic heterocycles. The van der Waals surface area contributed by atoms with Crippen molar-refractivity contribution in [2.45, 2.75) is 111 Å². The van der Waals surface area contributed by atoms with Crippen molar-refractivity contribution in [1.29, 1.82) is 0 Å². The van der Waals surface area contributed by atoms with Gasteiger partial charge in [0.05, 0.1) is 0 Å². The van der Waals surface area contributed by atoms with E-state index in [1.54, 1.807) is 0 Å². The number of nitrogens with one attached hydrogen (secondary N) is 2. The summed E-state index contributed by atoms with van der Waals surface area (Å²) < 4.78 is 0. The van der Waals surface area contributed by atoms with Gasteiger partial charge in [-0.3, -0.25) is 14.7 Å². The fourth-order valence-corrected chi connectivity index (χ4v) is 5.09. The van der Waals surface area contributed by atoms with Crippen molar-refractivity contribution >= 4 is 0 Å². The number of hydrogen-bond acceptors (Lipinski definition) is 5. The SMILES string of the molecule is CC(C)(C)N1CC2CN(C(C)(C)C)CC2C1.CC(C)(C)NCC1CN(C(C)(C)C)CCN1. The second-order valence-corrected chi connectivity index (χ2v) is 14.6. The Morgan fingerprint density at radius 2 is 1.03 bits per heavy atom. The maximum atomic E-state index is 3.59. The molecule has 1 atom stereocenters. The van der Waals surface area contributed by atoms with Gasteiger partial charge in [0, 0.05) is 80.6 Å². The van der Waals surface area contributed by atoms with Crippen molar-refractivity contribution in [1.82, 2.24) is 25.3 Å². The first kappa shape index (κ1) is 28.0. The standard InChI is InChI=1S/C14H28N2.C13H29N3/c1-13(2,3)15-7-11-9-16(14(4,5)6)10-12(11)8-15;1-12(2,3)15-9-11-10-16(8-7-14-11)13(4,5)6/h11-12H,7-10H2,1-6H3;11,14-15H,7-10H2,1-6H3. The van der Waals surface area contributed by atoms with E-state index in [-0.39, 0.29) is 5.54 Å². The average molecular weight is 452 g/mol. The summed E-state index contributed by atoms with van der Waals surface area (Å²) in [5, 5.41) is 7.16. The molecular weight excluding hydrogens is 394 g/mol. The molecule has 0 spiro atoms. The lowest BCUT2D eigenvalue weighted by Crippen LogP contribution is -2.60. The Kier molecular flexibility index (Phi) is 8.93. The Labute approximate surface area is 201 Å². The molecule has 2 N–H and O–H groups in total. The van der Waals surface area contributed by atoms with Crippen molar-refractivity contribution in [2.24, 2.45) is 11.8 Å². The molecule has 0 radical (unpaired) electrons. The third-order valence-corrected chi connectivity index (χ3v) is 7.47. The van der Waals surface area contributed by atoms with Gasteiger partial charge in [-0.05, 0) is 94.9 Å². The summed E-state index contributed by atoms with van der Waals surface area (Å²) in [5.41, 5.74) is 1.22. The predicted octanol–water partition coefficient (Wildman–Crippen LogP) is 3.89. The predicted molar refractivity (Wildman–Crippen MR) is 141 cm³/mol. The van der Waals surface area contributed by atoms with Gasteiger partial charge in [0.25, 0.3) is 0 Å². The van der Waals surface area contributed by atoms with E-state index in [0.717, 1.165) is 38.0 Å². The normalized spacial score (nSPS) is 29.1. The molecular formula is C27H57N5. The molecule has 190 valence electrons. The highest BCUT2D eigenvalue weighted by molar-refractivity contribution is 4.99. The van der Waals surface area contributed by atoms with Crippen LogP contribution in [0.4, 0.5) is 0 Å². The van der Waals surface area contributed by atoms with Crippen LogP contribution < -0.4 is 10.6 Å². The summed E-state index contributed by atoms with van der Waals surface area (Å²) in [6, 6.07) is 0.576. The van der Waals surface area contributed by atoms with Crippen LogP contribution in [0.15, 0.2) is 0 Å². The van der Waals surface area contributed by atoms with Crippen LogP contribution in [0.25, 0.3) is 0 Å². The van der Waals surface area contributed by atoms with Crippen molar-refractivity contribution < 1.29 is 0 Å². The molecule has 0 aromatic rings. The summed E-state index contributed by atoms with van der Waals surface area (Å²) in [6.07, 6.45) is 0. The van der Waals surface area contributed by atoms with Gasteiger partial charge in [-0.15, -0.1) is 0 Å². The summed E-state index contributed by atoms with van der Waals surface area (Å²) in [7, 11) is 0. The van der Waals surface area contributed by atoms with Gasteiger partial charge in [0.2, 0.25) is 0 Å². The fourth-order valence-electron chi connectivity index (χ4n) is 5.09. The molecule has 0 saturated carbocycles. The van der Waals surface area contributed by atoms with Gasteiger partial charge in [0.15, 0.2) is 0 Å². The summed E-state index contributed by atoms with van der Waals surface area (Å²) in [5.74, 6) is 1.83. The van der Waals surface area contributed by atoms with E-state index in [1.807, 2.05) is 0 Å². The number of rotatable bonds is 2. The van der Waals surface area contributed by atoms with E-state index < -0.39 is 0 Å². The fraction of sp³-hybridized carbons (Fsp3) is 1.00. The summed E-state index contributed by atoms with van der Waals surface area (Å²) in [4.78, 5) is 7.91. The lowest BCUT2D eigenvalue weighted by molar-refractivity contribution is 0.0937. The molecule has 5 nitrogen and oxygen atoms in total. The Morgan fingerprint density at radius 1 is 0.625 bits per heavy atom. The molecule has 3 fully saturated rings. The highest BCUT2D eigenvalue weighted by atomic mass is 15.3. The van der Waals surface area contributed by atoms with Gasteiger partial charge < -0.3 is 10.6 Å². The number of likely N-dealkylation sites (tertiary alicyclic amines) is 2. The Balaban J connectivity index is 0.000000227. The smallest absolute Gasteiger partial charge is 0.0321 e. The average Bonchev–Trinajstić information content (AvgIpc) is 3.18. The van der Waals surface area contributed by atoms with Crippen LogP contribution in [0.3, 0.4) is 0 Å². The van der Waals surface area contributed by atoms with Crippen molar-refractivity contribution in [3.05, 3.63) is 0 Å². The number of piperazine rings is 1. The van der Waals surface area contributed by atoms with Crippen molar-refractivity contribution in [2.75, 3.05) is 52.4 Å². The molecule has 5 heteroatoms. The van der Waals surface area contributed by atoms with Gasteiger partial charge in [-0.2, -0.15) is 0 Å². The lowest BCUT2D eigenvalue weighted by Gasteiger charge is -2.42. The van der Waals surface area contributed by atoms with Crippen LogP contribution in [0.1, 0.15) is 83.1 Å². The molecule has 0 bridgehead atoms. The van der Waals surface area contributed by atoms with Gasteiger partial charge >= 0.3 is 0 Å². The number of nitrogens with zero attached hydrogens (tertiary/aromatic N) is 3. The van der Waals surface area contributed by atoms with E-state index in [4.69, 9.17) is 0 Å². The molecule has 3 saturated heterocycles. The monoisotopic (exact) mass is 451 g/mol. The molecule has 3 rings (SSSR count). The van der Waals surface area contributed by atoms with E-state index in [9.17, 15) is 0 Å². The molecule has 3 aliphatic rings. The van der Waals surface area contributed by atoms with E-state index >= 15 is 0 Å². The van der Waals surface area contributed by atoms with E-state index in [1.165, 1.54) is 26.2 Å². The Hall–Kier alpha value is -0.200. The minimum Gasteiger partial charge on any atom is -0.310 e. The molecule has 3 aliphatic heterocycles. The zero-order valence-corrected chi connectivity index (χ0v) is 23.7. The minimum atomic E-state index is 0.214. The largest absolute Gasteiger partial charge is 0.310 e. The Bertz CT molecular complexity index is 515. The first-order valence-corrected chi connectivity index (χ1v) is 13.1. The molecule has 1 unspecified atom stereocenters. The van der Waals surface area contributed by atoms with Crippen molar-refractivity contribution in [3.63, 3.8) is 0 Å². The van der Waals surface area contributed by atoms with Crippen LogP contribution in [0.2, 0.25) is 0 Å². The lowest BCUT2D eigenvalue weighted by atomic mass is 10.0. The first-order valence-electron chi connectivity index (χ1n) is 13.1. The third-order valence-electron chi connectivity index (χ3n) is 7.47. The zero-order valence-electron chi connectivity index (χ0n) is 23.7. The summed E-state index contributed by atoms with van der Waals surface area (Å²) in [6.45, 7) is 37.3. The minimum absolute atomic E-state index is 0.214. The maximum absolute atomic E-state index is 3.59. The second kappa shape index (κ2) is 10.2. The van der Waals surface area contributed by atoms with Crippen molar-refractivity contribution in [3.8, 4) is 0 Å². The van der Waals surface area contributed by atoms with Crippen LogP contribution in [0.5, 0.6) is 0 Å². The molecule has 3 heterocycles. The quantitative estimate of drug-likeness (QED) is 0.666. The van der Waals surface area contributed by atoms with Crippen LogP contribution >= 0.6 is 0 Å². The number of hydrogen-bond donors (Lipinski definition) is 2. The van der Waals surface area contributed by atoms with E-state index in [2.05, 4.69) is 108 Å². The number of fused-ring (bicyclic) bond motifs is 1. The van der Waals surface area contributed by atoms with Gasteiger partial charge in [-0.1, -0.05) is 0 Å². The molecule has 0 aromatic carbocycles. The maximum Gasteiger partial charge on any atom is 0.0321 e. The zero-order chi connectivity index (χ0) is 24.5. The molecule has 32 heavy (non-hydrogen) atoms. The van der Waals surface area contributed by atoms with Crippen LogP contribution in [-0.2, 0) is 0 Å². The highest BCUT2D eigenvalue weighted by Crippen LogP contribution is 2.37. The van der Waals surface area contributed by atoms with Gasteiger partial charge in [0.1, 0.15) is 0 Å².